The fourth-order valence-electron chi connectivity index (χ4n) is 5.82. The van der Waals surface area contributed by atoms with Crippen molar-refractivity contribution in [3.63, 3.8) is 0 Å². The van der Waals surface area contributed by atoms with Crippen molar-refractivity contribution in [3.05, 3.63) is 207 Å². The first-order valence-electron chi connectivity index (χ1n) is 16.7. The van der Waals surface area contributed by atoms with Crippen LogP contribution in [-0.4, -0.2) is 0 Å². The zero-order valence-corrected chi connectivity index (χ0v) is 28.7. The Morgan fingerprint density at radius 3 is 1.16 bits per heavy atom. The highest BCUT2D eigenvalue weighted by Crippen LogP contribution is 2.44. The van der Waals surface area contributed by atoms with Gasteiger partial charge < -0.3 is 9.80 Å². The van der Waals surface area contributed by atoms with E-state index in [1.54, 1.807) is 12.2 Å². The number of hydrogen-bond acceptors (Lipinski definition) is 2. The van der Waals surface area contributed by atoms with Crippen LogP contribution in [0.3, 0.4) is 0 Å². The minimum Gasteiger partial charge on any atom is -0.310 e. The molecule has 0 aromatic heterocycles. The van der Waals surface area contributed by atoms with E-state index in [4.69, 9.17) is 0 Å². The molecule has 7 rings (SSSR count). The highest BCUT2D eigenvalue weighted by atomic mass is 15.2. The van der Waals surface area contributed by atoms with E-state index in [1.807, 2.05) is 26.0 Å². The van der Waals surface area contributed by atoms with E-state index in [-0.39, 0.29) is 0 Å². The molecule has 7 aromatic carbocycles. The number of para-hydroxylation sites is 2. The van der Waals surface area contributed by atoms with Crippen molar-refractivity contribution in [1.82, 2.24) is 0 Å². The predicted molar refractivity (Wildman–Crippen MR) is 216 cm³/mol. The maximum atomic E-state index is 3.36. The van der Waals surface area contributed by atoms with Gasteiger partial charge in [0.05, 0.1) is 11.4 Å². The molecule has 242 valence electrons. The topological polar surface area (TPSA) is 6.48 Å². The molecular weight excluding hydrogens is 593 g/mol. The molecule has 2 heteroatoms. The zero-order chi connectivity index (χ0) is 34.4. The summed E-state index contributed by atoms with van der Waals surface area (Å²) in [6.07, 6.45) is 7.28. The van der Waals surface area contributed by atoms with Gasteiger partial charge in [0, 0.05) is 33.5 Å². The van der Waals surface area contributed by atoms with Crippen LogP contribution in [0.5, 0.6) is 0 Å². The van der Waals surface area contributed by atoms with E-state index in [2.05, 4.69) is 194 Å². The van der Waals surface area contributed by atoms with Crippen LogP contribution in [0, 0.1) is 6.92 Å². The average Bonchev–Trinajstić information content (AvgIpc) is 3.16. The lowest BCUT2D eigenvalue weighted by molar-refractivity contribution is 1.24. The molecule has 0 aliphatic carbocycles. The van der Waals surface area contributed by atoms with Gasteiger partial charge in [0.15, 0.2) is 0 Å². The second-order valence-electron chi connectivity index (χ2n) is 11.5. The average molecular weight is 637 g/mol. The number of allylic oxidation sites excluding steroid dienone is 4. The van der Waals surface area contributed by atoms with Gasteiger partial charge in [-0.05, 0) is 91.7 Å². The predicted octanol–water partition coefficient (Wildman–Crippen LogP) is 14.2. The zero-order valence-electron chi connectivity index (χ0n) is 28.7. The number of aryl methyl sites for hydroxylation is 1. The fraction of sp³-hybridized carbons (Fsp3) is 0.0638. The van der Waals surface area contributed by atoms with Crippen molar-refractivity contribution < 1.29 is 0 Å². The summed E-state index contributed by atoms with van der Waals surface area (Å²) in [5.74, 6) is 0. The highest BCUT2D eigenvalue weighted by Gasteiger charge is 2.20. The molecule has 0 saturated heterocycles. The lowest BCUT2D eigenvalue weighted by atomic mass is 10.0. The summed E-state index contributed by atoms with van der Waals surface area (Å²) in [5, 5.41) is 4.88. The lowest BCUT2D eigenvalue weighted by Crippen LogP contribution is -2.14. The normalized spacial score (nSPS) is 10.4. The summed E-state index contributed by atoms with van der Waals surface area (Å²) in [5.41, 5.74) is 7.98. The molecule has 0 bridgehead atoms. The van der Waals surface area contributed by atoms with Gasteiger partial charge >= 0.3 is 0 Å². The summed E-state index contributed by atoms with van der Waals surface area (Å²) in [4.78, 5) is 4.76. The van der Waals surface area contributed by atoms with Crippen molar-refractivity contribution in [2.45, 2.75) is 20.8 Å². The summed E-state index contributed by atoms with van der Waals surface area (Å²) in [6.45, 7) is 12.9. The molecule has 0 spiro atoms. The second-order valence-corrected chi connectivity index (χ2v) is 11.5. The Bertz CT molecular complexity index is 1980. The van der Waals surface area contributed by atoms with Gasteiger partial charge in [-0.3, -0.25) is 0 Å². The van der Waals surface area contributed by atoms with Crippen LogP contribution >= 0.6 is 0 Å². The molecule has 49 heavy (non-hydrogen) atoms. The number of hydrogen-bond donors (Lipinski definition) is 0. The molecule has 0 saturated carbocycles. The van der Waals surface area contributed by atoms with Crippen molar-refractivity contribution in [2.75, 3.05) is 9.80 Å². The van der Waals surface area contributed by atoms with Crippen LogP contribution in [0.25, 0.3) is 21.5 Å². The van der Waals surface area contributed by atoms with Crippen LogP contribution in [0.15, 0.2) is 201 Å². The molecule has 0 aliphatic rings. The van der Waals surface area contributed by atoms with Gasteiger partial charge in [-0.25, -0.2) is 0 Å². The second kappa shape index (κ2) is 17.2. The Morgan fingerprint density at radius 1 is 0.408 bits per heavy atom. The van der Waals surface area contributed by atoms with Crippen molar-refractivity contribution in [2.24, 2.45) is 0 Å². The quantitative estimate of drug-likeness (QED) is 0.127. The Morgan fingerprint density at radius 2 is 0.776 bits per heavy atom. The molecule has 0 aliphatic heterocycles. The molecule has 0 heterocycles. The molecule has 0 N–H and O–H groups in total. The standard InChI is InChI=1S/C39H30N2.C4H8.C4H6/c1-29-26-34(40(32-18-4-2-5-19-32)38-24-12-16-30-14-8-10-22-36(30)38)28-35(27-29)41(33-20-6-3-7-21-33)39-25-13-17-31-15-9-11-23-37(31)39;2*1-3-4-2/h2-28H,1H3;3-4H,1-2H3;3-4H,1-2H2/b;4-3-;. The Balaban J connectivity index is 0.000000531. The molecule has 0 radical (unpaired) electrons. The molecule has 2 nitrogen and oxygen atoms in total. The van der Waals surface area contributed by atoms with Gasteiger partial charge in [-0.2, -0.15) is 0 Å². The van der Waals surface area contributed by atoms with Crippen molar-refractivity contribution in [1.29, 1.82) is 0 Å². The van der Waals surface area contributed by atoms with E-state index in [9.17, 15) is 0 Å². The Kier molecular flexibility index (Phi) is 12.0. The van der Waals surface area contributed by atoms with Gasteiger partial charge in [0.2, 0.25) is 0 Å². The largest absolute Gasteiger partial charge is 0.310 e. The van der Waals surface area contributed by atoms with Crippen LogP contribution in [0.2, 0.25) is 0 Å². The third-order valence-electron chi connectivity index (χ3n) is 8.11. The van der Waals surface area contributed by atoms with Crippen LogP contribution in [0.4, 0.5) is 34.1 Å². The summed E-state index contributed by atoms with van der Waals surface area (Å²) in [7, 11) is 0. The van der Waals surface area contributed by atoms with E-state index in [0.29, 0.717) is 0 Å². The summed E-state index contributed by atoms with van der Waals surface area (Å²) in [6, 6.07) is 58.5. The first-order valence-corrected chi connectivity index (χ1v) is 16.7. The van der Waals surface area contributed by atoms with E-state index >= 15 is 0 Å². The number of anilines is 6. The molecular formula is C47H44N2. The molecule has 7 aromatic rings. The Hall–Kier alpha value is -6.12. The first-order chi connectivity index (χ1) is 24.1. The monoisotopic (exact) mass is 636 g/mol. The number of benzene rings is 7. The number of fused-ring (bicyclic) bond motifs is 2. The molecule has 0 amide bonds. The molecule has 0 unspecified atom stereocenters. The Labute approximate surface area is 292 Å². The van der Waals surface area contributed by atoms with E-state index < -0.39 is 0 Å². The fourth-order valence-corrected chi connectivity index (χ4v) is 5.82. The smallest absolute Gasteiger partial charge is 0.0540 e. The third kappa shape index (κ3) is 8.25. The minimum atomic E-state index is 1.11. The van der Waals surface area contributed by atoms with Gasteiger partial charge in [-0.15, -0.1) is 0 Å². The van der Waals surface area contributed by atoms with E-state index in [1.165, 1.54) is 27.1 Å². The van der Waals surface area contributed by atoms with Crippen molar-refractivity contribution >= 4 is 55.7 Å². The van der Waals surface area contributed by atoms with E-state index in [0.717, 1.165) is 34.1 Å². The van der Waals surface area contributed by atoms with Crippen LogP contribution < -0.4 is 9.80 Å². The number of rotatable bonds is 7. The lowest BCUT2D eigenvalue weighted by Gasteiger charge is -2.31. The van der Waals surface area contributed by atoms with Crippen molar-refractivity contribution in [3.8, 4) is 0 Å². The molecule has 0 atom stereocenters. The SMILES string of the molecule is C/C=C\C.C=CC=C.Cc1cc(N(c2ccccc2)c2cccc3ccccc23)cc(N(c2ccccc2)c2cccc3ccccc23)c1. The van der Waals surface area contributed by atoms with Gasteiger partial charge in [-0.1, -0.05) is 147 Å². The maximum absolute atomic E-state index is 3.36. The summed E-state index contributed by atoms with van der Waals surface area (Å²) >= 11 is 0. The molecule has 0 fully saturated rings. The van der Waals surface area contributed by atoms with Crippen LogP contribution in [-0.2, 0) is 0 Å². The van der Waals surface area contributed by atoms with Crippen LogP contribution in [0.1, 0.15) is 19.4 Å². The third-order valence-corrected chi connectivity index (χ3v) is 8.11. The highest BCUT2D eigenvalue weighted by molar-refractivity contribution is 6.01. The van der Waals surface area contributed by atoms with Gasteiger partial charge in [0.25, 0.3) is 0 Å². The minimum absolute atomic E-state index is 1.11. The first kappa shape index (κ1) is 34.2. The van der Waals surface area contributed by atoms with Gasteiger partial charge in [0.1, 0.15) is 0 Å². The maximum Gasteiger partial charge on any atom is 0.0540 e. The summed E-state index contributed by atoms with van der Waals surface area (Å²) < 4.78 is 0. The number of nitrogens with zero attached hydrogens (tertiary/aromatic N) is 2.